The maximum absolute atomic E-state index is 12.2. The molecule has 0 aliphatic rings. The summed E-state index contributed by atoms with van der Waals surface area (Å²) in [5, 5.41) is 8.87. The van der Waals surface area contributed by atoms with Gasteiger partial charge in [-0.1, -0.05) is 19.1 Å². The molecule has 0 radical (unpaired) electrons. The van der Waals surface area contributed by atoms with E-state index in [2.05, 4.69) is 9.71 Å². The Balaban J connectivity index is 2.28. The number of rotatable bonds is 5. The van der Waals surface area contributed by atoms with Gasteiger partial charge in [-0.2, -0.15) is 0 Å². The van der Waals surface area contributed by atoms with E-state index in [4.69, 9.17) is 5.11 Å². The van der Waals surface area contributed by atoms with Gasteiger partial charge < -0.3 is 5.11 Å². The number of pyridine rings is 1. The molecule has 0 saturated carbocycles. The zero-order valence-electron chi connectivity index (χ0n) is 11.3. The molecular weight excluding hydrogens is 292 g/mol. The smallest absolute Gasteiger partial charge is 0.337 e. The van der Waals surface area contributed by atoms with Crippen molar-refractivity contribution in [1.82, 2.24) is 4.98 Å². The minimum absolute atomic E-state index is 0.0865. The largest absolute Gasteiger partial charge is 0.478 e. The predicted octanol–water partition coefficient (Wildman–Crippen LogP) is 2.14. The van der Waals surface area contributed by atoms with Crippen LogP contribution in [0.4, 0.5) is 5.69 Å². The van der Waals surface area contributed by atoms with Crippen molar-refractivity contribution < 1.29 is 18.3 Å². The maximum atomic E-state index is 12.2. The first-order chi connectivity index (χ1) is 9.92. The molecule has 0 aliphatic carbocycles. The van der Waals surface area contributed by atoms with E-state index in [1.165, 1.54) is 24.4 Å². The number of hydrogen-bond donors (Lipinski definition) is 2. The van der Waals surface area contributed by atoms with Crippen LogP contribution in [0.1, 0.15) is 22.8 Å². The molecule has 0 saturated heterocycles. The molecule has 0 atom stereocenters. The van der Waals surface area contributed by atoms with E-state index in [0.717, 1.165) is 18.2 Å². The molecule has 2 N–H and O–H groups in total. The molecule has 0 spiro atoms. The molecule has 7 heteroatoms. The molecule has 1 aromatic heterocycles. The Hall–Kier alpha value is -2.41. The van der Waals surface area contributed by atoms with Crippen molar-refractivity contribution in [2.24, 2.45) is 0 Å². The lowest BCUT2D eigenvalue weighted by Crippen LogP contribution is -2.13. The third kappa shape index (κ3) is 3.57. The van der Waals surface area contributed by atoms with E-state index >= 15 is 0 Å². The van der Waals surface area contributed by atoms with Gasteiger partial charge in [0.1, 0.15) is 0 Å². The van der Waals surface area contributed by atoms with E-state index in [1.54, 1.807) is 12.1 Å². The number of sulfonamides is 1. The standard InChI is InChI=1S/C14H14N2O4S/c1-2-10-3-5-13(6-4-10)21(19,20)16-12-7-11(14(17)18)8-15-9-12/h3-9,16H,2H2,1H3,(H,17,18). The lowest BCUT2D eigenvalue weighted by atomic mass is 10.2. The molecule has 110 valence electrons. The summed E-state index contributed by atoms with van der Waals surface area (Å²) >= 11 is 0. The molecule has 1 aromatic carbocycles. The van der Waals surface area contributed by atoms with E-state index in [0.29, 0.717) is 0 Å². The summed E-state index contributed by atoms with van der Waals surface area (Å²) in [7, 11) is -3.76. The Bertz CT molecular complexity index is 755. The Morgan fingerprint density at radius 1 is 1.24 bits per heavy atom. The van der Waals surface area contributed by atoms with Crippen LogP contribution in [-0.2, 0) is 16.4 Å². The second-order valence-corrected chi connectivity index (χ2v) is 6.05. The van der Waals surface area contributed by atoms with Crippen LogP contribution in [0.3, 0.4) is 0 Å². The van der Waals surface area contributed by atoms with Crippen molar-refractivity contribution in [3.05, 3.63) is 53.9 Å². The number of aromatic nitrogens is 1. The number of aromatic carboxylic acids is 1. The fourth-order valence-electron chi connectivity index (χ4n) is 1.73. The van der Waals surface area contributed by atoms with E-state index in [-0.39, 0.29) is 16.1 Å². The first-order valence-electron chi connectivity index (χ1n) is 6.22. The molecule has 21 heavy (non-hydrogen) atoms. The highest BCUT2D eigenvalue weighted by atomic mass is 32.2. The number of carboxylic acids is 1. The first-order valence-corrected chi connectivity index (χ1v) is 7.71. The van der Waals surface area contributed by atoms with Crippen molar-refractivity contribution in [1.29, 1.82) is 0 Å². The zero-order valence-corrected chi connectivity index (χ0v) is 12.1. The van der Waals surface area contributed by atoms with Crippen molar-refractivity contribution in [3.63, 3.8) is 0 Å². The van der Waals surface area contributed by atoms with Gasteiger partial charge in [0, 0.05) is 6.20 Å². The average molecular weight is 306 g/mol. The van der Waals surface area contributed by atoms with Crippen LogP contribution in [0.15, 0.2) is 47.6 Å². The minimum Gasteiger partial charge on any atom is -0.478 e. The summed E-state index contributed by atoms with van der Waals surface area (Å²) in [6.45, 7) is 1.98. The fraction of sp³-hybridized carbons (Fsp3) is 0.143. The number of carbonyl (C=O) groups is 1. The SMILES string of the molecule is CCc1ccc(S(=O)(=O)Nc2cncc(C(=O)O)c2)cc1. The van der Waals surface area contributed by atoms with Crippen LogP contribution in [0.5, 0.6) is 0 Å². The van der Waals surface area contributed by atoms with Crippen LogP contribution >= 0.6 is 0 Å². The highest BCUT2D eigenvalue weighted by molar-refractivity contribution is 7.92. The quantitative estimate of drug-likeness (QED) is 0.882. The second kappa shape index (κ2) is 5.92. The zero-order chi connectivity index (χ0) is 15.5. The maximum Gasteiger partial charge on any atom is 0.337 e. The molecule has 0 amide bonds. The van der Waals surface area contributed by atoms with Gasteiger partial charge in [-0.05, 0) is 30.2 Å². The second-order valence-electron chi connectivity index (χ2n) is 4.37. The van der Waals surface area contributed by atoms with Crippen LogP contribution in [-0.4, -0.2) is 24.5 Å². The molecule has 2 aromatic rings. The molecule has 6 nitrogen and oxygen atoms in total. The third-order valence-electron chi connectivity index (χ3n) is 2.88. The lowest BCUT2D eigenvalue weighted by Gasteiger charge is -2.08. The average Bonchev–Trinajstić information content (AvgIpc) is 2.47. The molecule has 0 aliphatic heterocycles. The summed E-state index contributed by atoms with van der Waals surface area (Å²) in [5.74, 6) is -1.17. The third-order valence-corrected chi connectivity index (χ3v) is 4.28. The lowest BCUT2D eigenvalue weighted by molar-refractivity contribution is 0.0696. The van der Waals surface area contributed by atoms with E-state index in [1.807, 2.05) is 6.92 Å². The van der Waals surface area contributed by atoms with Crippen molar-refractivity contribution in [3.8, 4) is 0 Å². The monoisotopic (exact) mass is 306 g/mol. The molecule has 0 bridgehead atoms. The molecular formula is C14H14N2O4S. The topological polar surface area (TPSA) is 96.4 Å². The van der Waals surface area contributed by atoms with Gasteiger partial charge in [0.2, 0.25) is 0 Å². The van der Waals surface area contributed by atoms with Crippen molar-refractivity contribution in [2.45, 2.75) is 18.2 Å². The van der Waals surface area contributed by atoms with Gasteiger partial charge in [0.05, 0.1) is 22.3 Å². The van der Waals surface area contributed by atoms with E-state index in [9.17, 15) is 13.2 Å². The summed E-state index contributed by atoms with van der Waals surface area (Å²) in [6.07, 6.45) is 3.22. The van der Waals surface area contributed by atoms with Gasteiger partial charge >= 0.3 is 5.97 Å². The Morgan fingerprint density at radius 2 is 1.90 bits per heavy atom. The van der Waals surface area contributed by atoms with E-state index < -0.39 is 16.0 Å². The molecule has 0 fully saturated rings. The van der Waals surface area contributed by atoms with Crippen LogP contribution in [0.2, 0.25) is 0 Å². The molecule has 1 heterocycles. The summed E-state index contributed by atoms with van der Waals surface area (Å²) in [6, 6.07) is 7.71. The van der Waals surface area contributed by atoms with Crippen molar-refractivity contribution in [2.75, 3.05) is 4.72 Å². The minimum atomic E-state index is -3.76. The number of aryl methyl sites for hydroxylation is 1. The summed E-state index contributed by atoms with van der Waals surface area (Å²) in [5.41, 5.74) is 1.05. The first kappa shape index (κ1) is 15.0. The number of nitrogens with one attached hydrogen (secondary N) is 1. The van der Waals surface area contributed by atoms with Crippen LogP contribution in [0.25, 0.3) is 0 Å². The van der Waals surface area contributed by atoms with Gasteiger partial charge in [0.25, 0.3) is 10.0 Å². The summed E-state index contributed by atoms with van der Waals surface area (Å²) in [4.78, 5) is 14.7. The van der Waals surface area contributed by atoms with Gasteiger partial charge in [-0.15, -0.1) is 0 Å². The fourth-order valence-corrected chi connectivity index (χ4v) is 2.77. The molecule has 0 unspecified atom stereocenters. The number of carboxylic acid groups (broad SMARTS) is 1. The highest BCUT2D eigenvalue weighted by Crippen LogP contribution is 2.17. The number of hydrogen-bond acceptors (Lipinski definition) is 4. The number of benzene rings is 1. The Kier molecular flexibility index (Phi) is 4.23. The van der Waals surface area contributed by atoms with Gasteiger partial charge in [0.15, 0.2) is 0 Å². The van der Waals surface area contributed by atoms with Gasteiger partial charge in [-0.3, -0.25) is 9.71 Å². The Labute approximate surface area is 122 Å². The van der Waals surface area contributed by atoms with Gasteiger partial charge in [-0.25, -0.2) is 13.2 Å². The van der Waals surface area contributed by atoms with Crippen LogP contribution < -0.4 is 4.72 Å². The number of anilines is 1. The van der Waals surface area contributed by atoms with Crippen LogP contribution in [0, 0.1) is 0 Å². The summed E-state index contributed by atoms with van der Waals surface area (Å²) < 4.78 is 26.7. The Morgan fingerprint density at radius 3 is 2.48 bits per heavy atom. The molecule has 2 rings (SSSR count). The predicted molar refractivity (Wildman–Crippen MR) is 77.8 cm³/mol. The van der Waals surface area contributed by atoms with Crippen molar-refractivity contribution >= 4 is 21.7 Å². The highest BCUT2D eigenvalue weighted by Gasteiger charge is 2.15. The normalized spacial score (nSPS) is 11.1. The number of nitrogens with zero attached hydrogens (tertiary/aromatic N) is 1.